The van der Waals surface area contributed by atoms with Gasteiger partial charge in [-0.1, -0.05) is 6.07 Å². The SMILES string of the molecule is CN1CCN(Cc2ccc(NC(=O)[C@@H]3CCN(c4ccc5ncc(-c6cn[nH]c6)n5n4)C3)cc2C(F)(F)F)CC1. The Kier molecular flexibility index (Phi) is 6.92. The Morgan fingerprint density at radius 3 is 2.67 bits per heavy atom. The summed E-state index contributed by atoms with van der Waals surface area (Å²) in [6.07, 6.45) is 1.23. The molecule has 40 heavy (non-hydrogen) atoms. The lowest BCUT2D eigenvalue weighted by Gasteiger charge is -2.33. The average Bonchev–Trinajstić information content (AvgIpc) is 3.70. The van der Waals surface area contributed by atoms with Crippen LogP contribution in [0.25, 0.3) is 16.9 Å². The monoisotopic (exact) mass is 553 g/mol. The fourth-order valence-corrected chi connectivity index (χ4v) is 5.35. The number of rotatable bonds is 6. The quantitative estimate of drug-likeness (QED) is 0.378. The van der Waals surface area contributed by atoms with Crippen LogP contribution < -0.4 is 10.2 Å². The second-order valence-corrected chi connectivity index (χ2v) is 10.5. The van der Waals surface area contributed by atoms with E-state index < -0.39 is 11.7 Å². The summed E-state index contributed by atoms with van der Waals surface area (Å²) in [4.78, 5) is 23.7. The number of halogens is 3. The zero-order chi connectivity index (χ0) is 27.9. The van der Waals surface area contributed by atoms with Gasteiger partial charge < -0.3 is 15.1 Å². The number of hydrogen-bond acceptors (Lipinski definition) is 7. The van der Waals surface area contributed by atoms with E-state index in [1.807, 2.05) is 29.0 Å². The number of nitrogens with zero attached hydrogens (tertiary/aromatic N) is 7. The van der Waals surface area contributed by atoms with Crippen molar-refractivity contribution in [3.63, 3.8) is 0 Å². The molecule has 1 atom stereocenters. The maximum Gasteiger partial charge on any atom is 0.416 e. The molecule has 5 heterocycles. The third-order valence-electron chi connectivity index (χ3n) is 7.70. The number of alkyl halides is 3. The Morgan fingerprint density at radius 1 is 1.10 bits per heavy atom. The summed E-state index contributed by atoms with van der Waals surface area (Å²) in [6.45, 7) is 4.33. The van der Waals surface area contributed by atoms with Gasteiger partial charge in [-0.2, -0.15) is 18.3 Å². The maximum absolute atomic E-state index is 14.0. The summed E-state index contributed by atoms with van der Waals surface area (Å²) >= 11 is 0. The van der Waals surface area contributed by atoms with Gasteiger partial charge >= 0.3 is 6.18 Å². The van der Waals surface area contributed by atoms with Crippen LogP contribution in [-0.4, -0.2) is 86.8 Å². The van der Waals surface area contributed by atoms with Crippen LogP contribution >= 0.6 is 0 Å². The van der Waals surface area contributed by atoms with E-state index >= 15 is 0 Å². The van der Waals surface area contributed by atoms with Crippen LogP contribution in [0.15, 0.2) is 48.9 Å². The molecule has 0 saturated carbocycles. The van der Waals surface area contributed by atoms with Crippen LogP contribution in [0.5, 0.6) is 0 Å². The molecule has 1 amide bonds. The van der Waals surface area contributed by atoms with Crippen molar-refractivity contribution in [1.29, 1.82) is 0 Å². The number of aromatic amines is 1. The predicted molar refractivity (Wildman–Crippen MR) is 144 cm³/mol. The molecule has 2 aliphatic rings. The Hall–Kier alpha value is -3.97. The van der Waals surface area contributed by atoms with Gasteiger partial charge in [-0.15, -0.1) is 5.10 Å². The summed E-state index contributed by atoms with van der Waals surface area (Å²) in [7, 11) is 2.01. The molecule has 3 aromatic heterocycles. The van der Waals surface area contributed by atoms with Crippen molar-refractivity contribution >= 4 is 23.1 Å². The summed E-state index contributed by atoms with van der Waals surface area (Å²) in [5.74, 6) is 0.0105. The van der Waals surface area contributed by atoms with Crippen molar-refractivity contribution < 1.29 is 18.0 Å². The van der Waals surface area contributed by atoms with Crippen LogP contribution in [0.2, 0.25) is 0 Å². The van der Waals surface area contributed by atoms with Gasteiger partial charge in [-0.3, -0.25) is 14.8 Å². The van der Waals surface area contributed by atoms with Crippen LogP contribution in [0.4, 0.5) is 24.7 Å². The Labute approximate surface area is 228 Å². The molecule has 0 unspecified atom stereocenters. The van der Waals surface area contributed by atoms with Gasteiger partial charge in [-0.05, 0) is 43.3 Å². The number of aromatic nitrogens is 5. The van der Waals surface area contributed by atoms with Crippen molar-refractivity contribution in [3.8, 4) is 11.3 Å². The van der Waals surface area contributed by atoms with Crippen LogP contribution in [0.1, 0.15) is 17.5 Å². The molecule has 1 aromatic carbocycles. The average molecular weight is 554 g/mol. The maximum atomic E-state index is 14.0. The zero-order valence-electron chi connectivity index (χ0n) is 22.0. The first-order valence-electron chi connectivity index (χ1n) is 13.3. The fourth-order valence-electron chi connectivity index (χ4n) is 5.35. The van der Waals surface area contributed by atoms with Gasteiger partial charge in [0.2, 0.25) is 5.91 Å². The highest BCUT2D eigenvalue weighted by molar-refractivity contribution is 5.93. The summed E-state index contributed by atoms with van der Waals surface area (Å²) in [5.41, 5.74) is 1.99. The topological polar surface area (TPSA) is 97.7 Å². The lowest BCUT2D eigenvalue weighted by molar-refractivity contribution is -0.138. The van der Waals surface area contributed by atoms with Gasteiger partial charge in [0.25, 0.3) is 0 Å². The highest BCUT2D eigenvalue weighted by Gasteiger charge is 2.35. The van der Waals surface area contributed by atoms with E-state index in [0.29, 0.717) is 31.0 Å². The molecule has 0 radical (unpaired) electrons. The largest absolute Gasteiger partial charge is 0.416 e. The Morgan fingerprint density at radius 2 is 1.93 bits per heavy atom. The number of amides is 1. The van der Waals surface area contributed by atoms with Gasteiger partial charge in [-0.25, -0.2) is 9.50 Å². The molecule has 2 saturated heterocycles. The number of anilines is 2. The first-order valence-corrected chi connectivity index (χ1v) is 13.3. The summed E-state index contributed by atoms with van der Waals surface area (Å²) in [6, 6.07) is 7.83. The number of carbonyl (C=O) groups excluding carboxylic acids is 1. The predicted octanol–water partition coefficient (Wildman–Crippen LogP) is 3.35. The van der Waals surface area contributed by atoms with Gasteiger partial charge in [0, 0.05) is 63.3 Å². The summed E-state index contributed by atoms with van der Waals surface area (Å²) in [5, 5.41) is 14.2. The molecule has 2 fully saturated rings. The number of benzene rings is 1. The number of carbonyl (C=O) groups is 1. The molecule has 210 valence electrons. The normalized spacial score (nSPS) is 19.0. The molecule has 2 aliphatic heterocycles. The van der Waals surface area contributed by atoms with Crippen LogP contribution in [-0.2, 0) is 17.5 Å². The minimum atomic E-state index is -4.51. The lowest BCUT2D eigenvalue weighted by atomic mass is 10.0. The molecule has 0 spiro atoms. The van der Waals surface area contributed by atoms with E-state index in [0.717, 1.165) is 43.5 Å². The number of H-pyrrole nitrogens is 1. The molecule has 2 N–H and O–H groups in total. The first-order chi connectivity index (χ1) is 19.2. The van der Waals surface area contributed by atoms with Crippen LogP contribution in [0, 0.1) is 5.92 Å². The summed E-state index contributed by atoms with van der Waals surface area (Å²) < 4.78 is 43.6. The second-order valence-electron chi connectivity index (χ2n) is 10.5. The van der Waals surface area contributed by atoms with Gasteiger partial charge in [0.05, 0.1) is 29.6 Å². The van der Waals surface area contributed by atoms with Crippen LogP contribution in [0.3, 0.4) is 0 Å². The third kappa shape index (κ3) is 5.39. The van der Waals surface area contributed by atoms with E-state index in [1.54, 1.807) is 29.2 Å². The molecule has 10 nitrogen and oxygen atoms in total. The third-order valence-corrected chi connectivity index (χ3v) is 7.70. The number of piperazine rings is 1. The Balaban J connectivity index is 1.14. The Bertz CT molecular complexity index is 1490. The van der Waals surface area contributed by atoms with E-state index in [9.17, 15) is 18.0 Å². The van der Waals surface area contributed by atoms with Crippen molar-refractivity contribution in [3.05, 3.63) is 60.0 Å². The second kappa shape index (κ2) is 10.5. The van der Waals surface area contributed by atoms with Gasteiger partial charge in [0.1, 0.15) is 5.82 Å². The molecule has 0 aliphatic carbocycles. The van der Waals surface area contributed by atoms with E-state index in [2.05, 4.69) is 25.4 Å². The highest BCUT2D eigenvalue weighted by atomic mass is 19.4. The number of hydrogen-bond donors (Lipinski definition) is 2. The molecule has 0 bridgehead atoms. The molecular formula is C27H30F3N9O. The lowest BCUT2D eigenvalue weighted by Crippen LogP contribution is -2.44. The van der Waals surface area contributed by atoms with E-state index in [1.165, 1.54) is 6.07 Å². The number of nitrogens with one attached hydrogen (secondary N) is 2. The van der Waals surface area contributed by atoms with Crippen molar-refractivity contribution in [1.82, 2.24) is 34.6 Å². The number of likely N-dealkylation sites (N-methyl/N-ethyl adjacent to an activating group) is 1. The number of imidazole rings is 1. The van der Waals surface area contributed by atoms with Crippen molar-refractivity contribution in [2.75, 3.05) is 56.5 Å². The standard InChI is InChI=1S/C27H30F3N9O/c1-36-8-10-37(11-9-36)16-18-2-3-21(12-22(18)27(28,29)30)34-26(40)19-6-7-38(17-19)25-5-4-24-31-15-23(39(24)35-25)20-13-32-33-14-20/h2-5,12-15,19H,6-11,16-17H2,1H3,(H,32,33)(H,34,40)/t19-/m1/s1. The molecular weight excluding hydrogens is 523 g/mol. The minimum Gasteiger partial charge on any atom is -0.354 e. The molecule has 13 heteroatoms. The first kappa shape index (κ1) is 26.3. The smallest absolute Gasteiger partial charge is 0.354 e. The van der Waals surface area contributed by atoms with Crippen molar-refractivity contribution in [2.45, 2.75) is 19.1 Å². The number of fused-ring (bicyclic) bond motifs is 1. The van der Waals surface area contributed by atoms with Gasteiger partial charge in [0.15, 0.2) is 5.65 Å². The minimum absolute atomic E-state index is 0.153. The van der Waals surface area contributed by atoms with E-state index in [4.69, 9.17) is 5.10 Å². The highest BCUT2D eigenvalue weighted by Crippen LogP contribution is 2.35. The van der Waals surface area contributed by atoms with Crippen molar-refractivity contribution in [2.24, 2.45) is 5.92 Å². The molecule has 4 aromatic rings. The fraction of sp³-hybridized carbons (Fsp3) is 0.407. The van der Waals surface area contributed by atoms with E-state index in [-0.39, 0.29) is 29.6 Å². The molecule has 6 rings (SSSR count). The zero-order valence-corrected chi connectivity index (χ0v) is 22.0.